The highest BCUT2D eigenvalue weighted by molar-refractivity contribution is 5.77. The van der Waals surface area contributed by atoms with E-state index in [4.69, 9.17) is 4.74 Å². The average Bonchev–Trinajstić information content (AvgIpc) is 2.54. The second-order valence-electron chi connectivity index (χ2n) is 6.30. The molecule has 126 valence electrons. The zero-order valence-electron chi connectivity index (χ0n) is 13.8. The molecule has 6 nitrogen and oxygen atoms in total. The van der Waals surface area contributed by atoms with E-state index in [1.165, 1.54) is 38.2 Å². The maximum atomic E-state index is 12.2. The normalized spacial score (nSPS) is 15.2. The Kier molecular flexibility index (Phi) is 5.96. The number of hydrogen-bond donors (Lipinski definition) is 0. The van der Waals surface area contributed by atoms with Crippen molar-refractivity contribution in [2.45, 2.75) is 39.0 Å². The standard InChI is InChI=1S/C17H24N2O4/c1-13-8-9-16(15(10-13)19(21)22)23-12-17(20)18(2)11-14-6-4-3-5-7-14/h8-10,14H,3-7,11-12H2,1-2H3. The van der Waals surface area contributed by atoms with Gasteiger partial charge < -0.3 is 9.64 Å². The maximum absolute atomic E-state index is 12.2. The molecule has 1 amide bonds. The molecule has 1 aromatic rings. The van der Waals surface area contributed by atoms with Gasteiger partial charge in [0.2, 0.25) is 0 Å². The molecule has 0 aromatic heterocycles. The van der Waals surface area contributed by atoms with Crippen molar-refractivity contribution in [3.8, 4) is 5.75 Å². The third kappa shape index (κ3) is 4.94. The van der Waals surface area contributed by atoms with Crippen molar-refractivity contribution in [2.24, 2.45) is 5.92 Å². The number of nitro groups is 1. The van der Waals surface area contributed by atoms with E-state index in [2.05, 4.69) is 0 Å². The van der Waals surface area contributed by atoms with Crippen LogP contribution in [0.5, 0.6) is 5.75 Å². The molecular formula is C17H24N2O4. The number of carbonyl (C=O) groups is 1. The number of amides is 1. The third-order valence-corrected chi connectivity index (χ3v) is 4.34. The fraction of sp³-hybridized carbons (Fsp3) is 0.588. The summed E-state index contributed by atoms with van der Waals surface area (Å²) in [6.07, 6.45) is 6.09. The Balaban J connectivity index is 1.89. The van der Waals surface area contributed by atoms with Crippen LogP contribution in [0.3, 0.4) is 0 Å². The quantitative estimate of drug-likeness (QED) is 0.595. The molecule has 6 heteroatoms. The predicted octanol–water partition coefficient (Wildman–Crippen LogP) is 3.32. The number of ether oxygens (including phenoxy) is 1. The Bertz CT molecular complexity index is 568. The predicted molar refractivity (Wildman–Crippen MR) is 87.5 cm³/mol. The van der Waals surface area contributed by atoms with Gasteiger partial charge in [0.15, 0.2) is 12.4 Å². The lowest BCUT2D eigenvalue weighted by Gasteiger charge is -2.27. The van der Waals surface area contributed by atoms with Gasteiger partial charge in [-0.2, -0.15) is 0 Å². The van der Waals surface area contributed by atoms with Gasteiger partial charge in [-0.1, -0.05) is 25.3 Å². The van der Waals surface area contributed by atoms with Crippen LogP contribution in [0.2, 0.25) is 0 Å². The second-order valence-corrected chi connectivity index (χ2v) is 6.30. The lowest BCUT2D eigenvalue weighted by Crippen LogP contribution is -2.35. The molecule has 1 fully saturated rings. The second kappa shape index (κ2) is 7.94. The molecule has 2 rings (SSSR count). The SMILES string of the molecule is Cc1ccc(OCC(=O)N(C)CC2CCCCC2)c([N+](=O)[O-])c1. The van der Waals surface area contributed by atoms with Crippen LogP contribution in [0.15, 0.2) is 18.2 Å². The van der Waals surface area contributed by atoms with Crippen molar-refractivity contribution >= 4 is 11.6 Å². The molecule has 0 aliphatic heterocycles. The van der Waals surface area contributed by atoms with E-state index in [0.29, 0.717) is 5.92 Å². The summed E-state index contributed by atoms with van der Waals surface area (Å²) in [5.41, 5.74) is 0.678. The fourth-order valence-electron chi connectivity index (χ4n) is 3.00. The Morgan fingerprint density at radius 1 is 1.35 bits per heavy atom. The van der Waals surface area contributed by atoms with Gasteiger partial charge >= 0.3 is 5.69 Å². The van der Waals surface area contributed by atoms with Gasteiger partial charge in [-0.3, -0.25) is 14.9 Å². The Morgan fingerprint density at radius 3 is 2.70 bits per heavy atom. The van der Waals surface area contributed by atoms with Gasteiger partial charge in [-0.25, -0.2) is 0 Å². The summed E-state index contributed by atoms with van der Waals surface area (Å²) >= 11 is 0. The molecular weight excluding hydrogens is 296 g/mol. The molecule has 1 saturated carbocycles. The number of benzene rings is 1. The van der Waals surface area contributed by atoms with Crippen LogP contribution in [-0.2, 0) is 4.79 Å². The molecule has 23 heavy (non-hydrogen) atoms. The molecule has 0 heterocycles. The van der Waals surface area contributed by atoms with Crippen molar-refractivity contribution in [3.05, 3.63) is 33.9 Å². The molecule has 0 unspecified atom stereocenters. The molecule has 0 atom stereocenters. The van der Waals surface area contributed by atoms with Crippen molar-refractivity contribution in [2.75, 3.05) is 20.2 Å². The molecule has 1 aliphatic carbocycles. The maximum Gasteiger partial charge on any atom is 0.311 e. The molecule has 0 radical (unpaired) electrons. The summed E-state index contributed by atoms with van der Waals surface area (Å²) in [6, 6.07) is 4.73. The zero-order valence-corrected chi connectivity index (χ0v) is 13.8. The number of nitrogens with zero attached hydrogens (tertiary/aromatic N) is 2. The topological polar surface area (TPSA) is 72.7 Å². The van der Waals surface area contributed by atoms with Crippen molar-refractivity contribution in [1.29, 1.82) is 0 Å². The van der Waals surface area contributed by atoms with Gasteiger partial charge in [0, 0.05) is 19.7 Å². The van der Waals surface area contributed by atoms with Crippen molar-refractivity contribution in [1.82, 2.24) is 4.90 Å². The lowest BCUT2D eigenvalue weighted by atomic mass is 9.89. The van der Waals surface area contributed by atoms with E-state index in [1.807, 2.05) is 0 Å². The molecule has 0 N–H and O–H groups in total. The monoisotopic (exact) mass is 320 g/mol. The van der Waals surface area contributed by atoms with Gasteiger partial charge in [-0.15, -0.1) is 0 Å². The van der Waals surface area contributed by atoms with Crippen molar-refractivity contribution < 1.29 is 14.5 Å². The van der Waals surface area contributed by atoms with Crippen LogP contribution < -0.4 is 4.74 Å². The van der Waals surface area contributed by atoms with E-state index in [0.717, 1.165) is 12.1 Å². The number of nitro benzene ring substituents is 1. The van der Waals surface area contributed by atoms with Gasteiger partial charge in [0.05, 0.1) is 4.92 Å². The third-order valence-electron chi connectivity index (χ3n) is 4.34. The van der Waals surface area contributed by atoms with Crippen LogP contribution in [0, 0.1) is 23.0 Å². The van der Waals surface area contributed by atoms with Gasteiger partial charge in [0.25, 0.3) is 5.91 Å². The summed E-state index contributed by atoms with van der Waals surface area (Å²) in [4.78, 5) is 24.4. The number of carbonyl (C=O) groups excluding carboxylic acids is 1. The fourth-order valence-corrected chi connectivity index (χ4v) is 3.00. The first-order valence-electron chi connectivity index (χ1n) is 8.09. The number of rotatable bonds is 6. The van der Waals surface area contributed by atoms with Crippen molar-refractivity contribution in [3.63, 3.8) is 0 Å². The molecule has 0 saturated heterocycles. The lowest BCUT2D eigenvalue weighted by molar-refractivity contribution is -0.385. The van der Waals surface area contributed by atoms with Crippen LogP contribution in [-0.4, -0.2) is 35.9 Å². The number of aryl methyl sites for hydroxylation is 1. The van der Waals surface area contributed by atoms with E-state index >= 15 is 0 Å². The minimum absolute atomic E-state index is 0.104. The van der Waals surface area contributed by atoms with Gasteiger partial charge in [0.1, 0.15) is 0 Å². The van der Waals surface area contributed by atoms with Crippen LogP contribution >= 0.6 is 0 Å². The Hall–Kier alpha value is -2.11. The highest BCUT2D eigenvalue weighted by Gasteiger charge is 2.20. The Labute approximate surface area is 136 Å². The first-order chi connectivity index (χ1) is 11.0. The summed E-state index contributed by atoms with van der Waals surface area (Å²) in [5, 5.41) is 11.0. The van der Waals surface area contributed by atoms with E-state index in [1.54, 1.807) is 31.0 Å². The summed E-state index contributed by atoms with van der Waals surface area (Å²) in [6.45, 7) is 2.34. The summed E-state index contributed by atoms with van der Waals surface area (Å²) < 4.78 is 5.39. The van der Waals surface area contributed by atoms with E-state index in [-0.39, 0.29) is 24.0 Å². The highest BCUT2D eigenvalue weighted by atomic mass is 16.6. The first kappa shape index (κ1) is 17.2. The van der Waals surface area contributed by atoms with E-state index in [9.17, 15) is 14.9 Å². The molecule has 0 bridgehead atoms. The first-order valence-corrected chi connectivity index (χ1v) is 8.09. The molecule has 0 spiro atoms. The number of hydrogen-bond acceptors (Lipinski definition) is 4. The Morgan fingerprint density at radius 2 is 2.04 bits per heavy atom. The van der Waals surface area contributed by atoms with Crippen LogP contribution in [0.4, 0.5) is 5.69 Å². The summed E-state index contributed by atoms with van der Waals surface area (Å²) in [5.74, 6) is 0.553. The minimum Gasteiger partial charge on any atom is -0.477 e. The zero-order chi connectivity index (χ0) is 16.8. The minimum atomic E-state index is -0.488. The summed E-state index contributed by atoms with van der Waals surface area (Å²) in [7, 11) is 1.77. The molecule has 1 aromatic carbocycles. The highest BCUT2D eigenvalue weighted by Crippen LogP contribution is 2.28. The average molecular weight is 320 g/mol. The largest absolute Gasteiger partial charge is 0.477 e. The van der Waals surface area contributed by atoms with Gasteiger partial charge in [-0.05, 0) is 37.3 Å². The number of likely N-dealkylation sites (N-methyl/N-ethyl adjacent to an activating group) is 1. The van der Waals surface area contributed by atoms with Crippen LogP contribution in [0.25, 0.3) is 0 Å². The van der Waals surface area contributed by atoms with Crippen LogP contribution in [0.1, 0.15) is 37.7 Å². The smallest absolute Gasteiger partial charge is 0.311 e. The molecule has 1 aliphatic rings. The van der Waals surface area contributed by atoms with E-state index < -0.39 is 4.92 Å².